The average Bonchev–Trinajstić information content (AvgIpc) is 3.04. The molecule has 1 amide bonds. The summed E-state index contributed by atoms with van der Waals surface area (Å²) in [5.74, 6) is 1.23. The highest BCUT2D eigenvalue weighted by molar-refractivity contribution is 5.95. The molecule has 0 saturated carbocycles. The fourth-order valence-electron chi connectivity index (χ4n) is 3.96. The minimum Gasteiger partial charge on any atom is -0.497 e. The third-order valence-electron chi connectivity index (χ3n) is 5.27. The molecule has 23 heavy (non-hydrogen) atoms. The predicted octanol–water partition coefficient (Wildman–Crippen LogP) is 1.88. The van der Waals surface area contributed by atoms with Gasteiger partial charge in [-0.05, 0) is 31.2 Å². The molecule has 3 atom stereocenters. The molecule has 2 fully saturated rings. The minimum atomic E-state index is 0.103. The van der Waals surface area contributed by atoms with Crippen LogP contribution in [0.3, 0.4) is 0 Å². The van der Waals surface area contributed by atoms with Crippen molar-refractivity contribution < 1.29 is 14.3 Å². The molecule has 0 N–H and O–H groups in total. The molecule has 0 aromatic heterocycles. The number of methoxy groups -OCH3 is 2. The SMILES string of the molecule is CCN1C[C@H]2[C@H](OC)CCN(C(=O)c3cccc(OC)c3)[C@H]2C1. The van der Waals surface area contributed by atoms with Crippen molar-refractivity contribution in [2.75, 3.05) is 40.4 Å². The van der Waals surface area contributed by atoms with Crippen LogP contribution in [0.1, 0.15) is 23.7 Å². The zero-order valence-corrected chi connectivity index (χ0v) is 14.2. The molecule has 2 saturated heterocycles. The van der Waals surface area contributed by atoms with Crippen molar-refractivity contribution in [3.63, 3.8) is 0 Å². The number of benzene rings is 1. The Balaban J connectivity index is 1.82. The number of likely N-dealkylation sites (N-methyl/N-ethyl adjacent to an activating group) is 1. The van der Waals surface area contributed by atoms with Crippen LogP contribution in [0.15, 0.2) is 24.3 Å². The molecular formula is C18H26N2O3. The average molecular weight is 318 g/mol. The normalized spacial score (nSPS) is 27.8. The molecule has 3 rings (SSSR count). The second kappa shape index (κ2) is 6.89. The van der Waals surface area contributed by atoms with Gasteiger partial charge in [0.1, 0.15) is 5.75 Å². The highest BCUT2D eigenvalue weighted by atomic mass is 16.5. The lowest BCUT2D eigenvalue weighted by molar-refractivity contribution is -0.0156. The minimum absolute atomic E-state index is 0.103. The third kappa shape index (κ3) is 3.08. The summed E-state index contributed by atoms with van der Waals surface area (Å²) in [7, 11) is 3.41. The molecule has 5 heteroatoms. The number of amides is 1. The summed E-state index contributed by atoms with van der Waals surface area (Å²) in [4.78, 5) is 17.5. The van der Waals surface area contributed by atoms with Gasteiger partial charge in [0.05, 0.1) is 19.3 Å². The van der Waals surface area contributed by atoms with Crippen molar-refractivity contribution in [3.05, 3.63) is 29.8 Å². The van der Waals surface area contributed by atoms with Gasteiger partial charge >= 0.3 is 0 Å². The molecule has 0 aliphatic carbocycles. The monoisotopic (exact) mass is 318 g/mol. The topological polar surface area (TPSA) is 42.0 Å². The van der Waals surface area contributed by atoms with Crippen molar-refractivity contribution in [1.82, 2.24) is 9.80 Å². The van der Waals surface area contributed by atoms with Crippen LogP contribution in [-0.4, -0.2) is 68.3 Å². The second-order valence-electron chi connectivity index (χ2n) is 6.38. The number of rotatable bonds is 4. The van der Waals surface area contributed by atoms with Crippen molar-refractivity contribution in [1.29, 1.82) is 0 Å². The van der Waals surface area contributed by atoms with E-state index < -0.39 is 0 Å². The van der Waals surface area contributed by atoms with Gasteiger partial charge in [0.15, 0.2) is 0 Å². The van der Waals surface area contributed by atoms with Gasteiger partial charge in [-0.25, -0.2) is 0 Å². The zero-order valence-electron chi connectivity index (χ0n) is 14.2. The van der Waals surface area contributed by atoms with Crippen LogP contribution in [0.5, 0.6) is 5.75 Å². The summed E-state index contributed by atoms with van der Waals surface area (Å²) in [6.45, 7) is 5.91. The van der Waals surface area contributed by atoms with Crippen molar-refractivity contribution in [2.24, 2.45) is 5.92 Å². The van der Waals surface area contributed by atoms with E-state index >= 15 is 0 Å². The van der Waals surface area contributed by atoms with Crippen LogP contribution in [0.2, 0.25) is 0 Å². The molecule has 2 aliphatic heterocycles. The fourth-order valence-corrected chi connectivity index (χ4v) is 3.96. The van der Waals surface area contributed by atoms with E-state index in [9.17, 15) is 4.79 Å². The maximum absolute atomic E-state index is 13.0. The van der Waals surface area contributed by atoms with Gasteiger partial charge in [0.25, 0.3) is 5.91 Å². The van der Waals surface area contributed by atoms with Crippen LogP contribution in [0.4, 0.5) is 0 Å². The smallest absolute Gasteiger partial charge is 0.254 e. The quantitative estimate of drug-likeness (QED) is 0.850. The van der Waals surface area contributed by atoms with Gasteiger partial charge in [-0.15, -0.1) is 0 Å². The lowest BCUT2D eigenvalue weighted by Gasteiger charge is -2.41. The Kier molecular flexibility index (Phi) is 4.87. The molecule has 0 radical (unpaired) electrons. The standard InChI is InChI=1S/C18H26N2O3/c1-4-19-11-15-16(12-19)20(9-8-17(15)23-3)18(21)13-6-5-7-14(10-13)22-2/h5-7,10,15-17H,4,8-9,11-12H2,1-3H3/t15-,16+,17-/m1/s1. The number of carbonyl (C=O) groups excluding carboxylic acids is 1. The summed E-state index contributed by atoms with van der Waals surface area (Å²) < 4.78 is 10.9. The predicted molar refractivity (Wildman–Crippen MR) is 88.8 cm³/mol. The number of piperidine rings is 1. The summed E-state index contributed by atoms with van der Waals surface area (Å²) in [5, 5.41) is 0. The first-order chi connectivity index (χ1) is 11.2. The van der Waals surface area contributed by atoms with E-state index in [4.69, 9.17) is 9.47 Å². The summed E-state index contributed by atoms with van der Waals surface area (Å²) in [6.07, 6.45) is 1.16. The molecule has 0 bridgehead atoms. The maximum atomic E-state index is 13.0. The molecule has 0 spiro atoms. The van der Waals surface area contributed by atoms with Gasteiger partial charge in [0, 0.05) is 38.2 Å². The number of ether oxygens (including phenoxy) is 2. The van der Waals surface area contributed by atoms with Crippen LogP contribution in [0, 0.1) is 5.92 Å². The molecule has 5 nitrogen and oxygen atoms in total. The number of likely N-dealkylation sites (tertiary alicyclic amines) is 2. The summed E-state index contributed by atoms with van der Waals surface area (Å²) in [5.41, 5.74) is 0.703. The van der Waals surface area contributed by atoms with Crippen LogP contribution < -0.4 is 4.74 Å². The first-order valence-electron chi connectivity index (χ1n) is 8.38. The first kappa shape index (κ1) is 16.3. The van der Waals surface area contributed by atoms with E-state index in [1.54, 1.807) is 14.2 Å². The Morgan fingerprint density at radius 1 is 1.30 bits per heavy atom. The Morgan fingerprint density at radius 3 is 2.83 bits per heavy atom. The van der Waals surface area contributed by atoms with E-state index in [-0.39, 0.29) is 18.1 Å². The molecule has 2 aliphatic rings. The molecule has 0 unspecified atom stereocenters. The van der Waals surface area contributed by atoms with E-state index in [1.165, 1.54) is 0 Å². The second-order valence-corrected chi connectivity index (χ2v) is 6.38. The van der Waals surface area contributed by atoms with E-state index in [1.807, 2.05) is 29.2 Å². The van der Waals surface area contributed by atoms with Gasteiger partial charge < -0.3 is 19.3 Å². The maximum Gasteiger partial charge on any atom is 0.254 e. The van der Waals surface area contributed by atoms with E-state index in [0.29, 0.717) is 11.5 Å². The molecule has 2 heterocycles. The highest BCUT2D eigenvalue weighted by Gasteiger charge is 2.45. The van der Waals surface area contributed by atoms with Crippen LogP contribution in [-0.2, 0) is 4.74 Å². The lowest BCUT2D eigenvalue weighted by Crippen LogP contribution is -2.53. The van der Waals surface area contributed by atoms with Crippen molar-refractivity contribution >= 4 is 5.91 Å². The summed E-state index contributed by atoms with van der Waals surface area (Å²) in [6, 6.07) is 7.68. The largest absolute Gasteiger partial charge is 0.497 e. The van der Waals surface area contributed by atoms with E-state index in [0.717, 1.165) is 38.3 Å². The Hall–Kier alpha value is -1.59. The van der Waals surface area contributed by atoms with Crippen LogP contribution >= 0.6 is 0 Å². The summed E-state index contributed by atoms with van der Waals surface area (Å²) >= 11 is 0. The number of hydrogen-bond acceptors (Lipinski definition) is 4. The van der Waals surface area contributed by atoms with Gasteiger partial charge in [-0.2, -0.15) is 0 Å². The molecule has 126 valence electrons. The van der Waals surface area contributed by atoms with Crippen molar-refractivity contribution in [2.45, 2.75) is 25.5 Å². The highest BCUT2D eigenvalue weighted by Crippen LogP contribution is 2.33. The number of fused-ring (bicyclic) bond motifs is 1. The third-order valence-corrected chi connectivity index (χ3v) is 5.27. The lowest BCUT2D eigenvalue weighted by atomic mass is 9.88. The van der Waals surface area contributed by atoms with Crippen LogP contribution in [0.25, 0.3) is 0 Å². The number of hydrogen-bond donors (Lipinski definition) is 0. The van der Waals surface area contributed by atoms with E-state index in [2.05, 4.69) is 11.8 Å². The van der Waals surface area contributed by atoms with Crippen molar-refractivity contribution in [3.8, 4) is 5.75 Å². The molecule has 1 aromatic carbocycles. The van der Waals surface area contributed by atoms with Gasteiger partial charge in [0.2, 0.25) is 0 Å². The number of carbonyl (C=O) groups is 1. The Labute approximate surface area is 138 Å². The first-order valence-corrected chi connectivity index (χ1v) is 8.38. The zero-order chi connectivity index (χ0) is 16.4. The fraction of sp³-hybridized carbons (Fsp3) is 0.611. The Morgan fingerprint density at radius 2 is 2.13 bits per heavy atom. The molecular weight excluding hydrogens is 292 g/mol. The number of nitrogens with zero attached hydrogens (tertiary/aromatic N) is 2. The Bertz CT molecular complexity index is 563. The van der Waals surface area contributed by atoms with Gasteiger partial charge in [-0.1, -0.05) is 13.0 Å². The molecule has 1 aromatic rings. The van der Waals surface area contributed by atoms with Gasteiger partial charge in [-0.3, -0.25) is 4.79 Å².